The van der Waals surface area contributed by atoms with Gasteiger partial charge in [-0.2, -0.15) is 0 Å². The molecular weight excluding hydrogens is 182 g/mol. The molecule has 1 rings (SSSR count). The second kappa shape index (κ2) is 5.59. The summed E-state index contributed by atoms with van der Waals surface area (Å²) < 4.78 is 0. The minimum atomic E-state index is -0.326. The van der Waals surface area contributed by atoms with Gasteiger partial charge in [-0.1, -0.05) is 0 Å². The van der Waals surface area contributed by atoms with E-state index in [0.717, 1.165) is 19.4 Å². The quantitative estimate of drug-likeness (QED) is 0.543. The molecule has 1 aliphatic heterocycles. The van der Waals surface area contributed by atoms with Crippen LogP contribution in [-0.4, -0.2) is 38.0 Å². The maximum Gasteiger partial charge on any atom is 0.242 e. The fourth-order valence-electron chi connectivity index (χ4n) is 1.41. The first-order valence-corrected chi connectivity index (χ1v) is 4.95. The molecule has 3 N–H and O–H groups in total. The first kappa shape index (κ1) is 11.0. The average Bonchev–Trinajstić information content (AvgIpc) is 2.18. The Hall–Kier alpha value is -1.10. The molecule has 1 aliphatic rings. The fraction of sp³-hybridized carbons (Fsp3) is 0.778. The number of hydrogen-bond donors (Lipinski definition) is 3. The standard InChI is InChI=1S/C9H17N3O2/c1-10-6-4-8(13)12-7-3-2-5-11-9(7)14/h7,10H,2-6H2,1H3,(H,11,14)(H,12,13). The topological polar surface area (TPSA) is 70.2 Å². The van der Waals surface area contributed by atoms with E-state index in [1.165, 1.54) is 0 Å². The minimum Gasteiger partial charge on any atom is -0.354 e. The van der Waals surface area contributed by atoms with Gasteiger partial charge >= 0.3 is 0 Å². The lowest BCUT2D eigenvalue weighted by Crippen LogP contribution is -2.50. The molecule has 0 aromatic carbocycles. The van der Waals surface area contributed by atoms with Crippen molar-refractivity contribution in [2.45, 2.75) is 25.3 Å². The maximum absolute atomic E-state index is 11.3. The molecular formula is C9H17N3O2. The van der Waals surface area contributed by atoms with Crippen molar-refractivity contribution in [1.82, 2.24) is 16.0 Å². The zero-order valence-electron chi connectivity index (χ0n) is 8.43. The molecule has 1 saturated heterocycles. The monoisotopic (exact) mass is 199 g/mol. The van der Waals surface area contributed by atoms with E-state index in [-0.39, 0.29) is 17.9 Å². The summed E-state index contributed by atoms with van der Waals surface area (Å²) in [4.78, 5) is 22.5. The van der Waals surface area contributed by atoms with E-state index < -0.39 is 0 Å². The highest BCUT2D eigenvalue weighted by Crippen LogP contribution is 2.02. The molecule has 0 saturated carbocycles. The minimum absolute atomic E-state index is 0.0611. The van der Waals surface area contributed by atoms with E-state index in [0.29, 0.717) is 13.0 Å². The van der Waals surface area contributed by atoms with E-state index in [2.05, 4.69) is 16.0 Å². The first-order chi connectivity index (χ1) is 6.74. The number of rotatable bonds is 4. The van der Waals surface area contributed by atoms with Crippen LogP contribution in [0.4, 0.5) is 0 Å². The van der Waals surface area contributed by atoms with Gasteiger partial charge in [0.1, 0.15) is 6.04 Å². The van der Waals surface area contributed by atoms with Gasteiger partial charge in [-0.25, -0.2) is 0 Å². The van der Waals surface area contributed by atoms with Gasteiger partial charge in [-0.15, -0.1) is 0 Å². The third-order valence-corrected chi connectivity index (χ3v) is 2.22. The summed E-state index contributed by atoms with van der Waals surface area (Å²) in [6, 6.07) is -0.326. The van der Waals surface area contributed by atoms with Gasteiger partial charge in [0, 0.05) is 19.5 Å². The molecule has 0 spiro atoms. The maximum atomic E-state index is 11.3. The summed E-state index contributed by atoms with van der Waals surface area (Å²) >= 11 is 0. The second-order valence-corrected chi connectivity index (χ2v) is 3.41. The molecule has 0 radical (unpaired) electrons. The lowest BCUT2D eigenvalue weighted by molar-refractivity contribution is -0.130. The first-order valence-electron chi connectivity index (χ1n) is 4.95. The Morgan fingerprint density at radius 3 is 3.07 bits per heavy atom. The van der Waals surface area contributed by atoms with Crippen molar-refractivity contribution in [2.24, 2.45) is 0 Å². The lowest BCUT2D eigenvalue weighted by atomic mass is 10.1. The summed E-state index contributed by atoms with van der Waals surface area (Å²) in [5.74, 6) is -0.129. The van der Waals surface area contributed by atoms with Crippen LogP contribution in [0.5, 0.6) is 0 Å². The summed E-state index contributed by atoms with van der Waals surface area (Å²) in [6.07, 6.45) is 2.10. The van der Waals surface area contributed by atoms with Crippen LogP contribution in [0.2, 0.25) is 0 Å². The number of carbonyl (C=O) groups excluding carboxylic acids is 2. The summed E-state index contributed by atoms with van der Waals surface area (Å²) in [6.45, 7) is 1.36. The molecule has 0 aromatic rings. The van der Waals surface area contributed by atoms with Crippen molar-refractivity contribution in [1.29, 1.82) is 0 Å². The molecule has 80 valence electrons. The molecule has 0 aromatic heterocycles. The van der Waals surface area contributed by atoms with Gasteiger partial charge in [0.15, 0.2) is 0 Å². The summed E-state index contributed by atoms with van der Waals surface area (Å²) in [5.41, 5.74) is 0. The number of amides is 2. The Morgan fingerprint density at radius 1 is 1.64 bits per heavy atom. The number of carbonyl (C=O) groups is 2. The predicted molar refractivity (Wildman–Crippen MR) is 52.7 cm³/mol. The number of nitrogens with one attached hydrogen (secondary N) is 3. The molecule has 1 heterocycles. The van der Waals surface area contributed by atoms with Gasteiger partial charge in [0.2, 0.25) is 11.8 Å². The van der Waals surface area contributed by atoms with Gasteiger partial charge < -0.3 is 16.0 Å². The van der Waals surface area contributed by atoms with Crippen LogP contribution in [-0.2, 0) is 9.59 Å². The highest BCUT2D eigenvalue weighted by Gasteiger charge is 2.22. The van der Waals surface area contributed by atoms with Crippen molar-refractivity contribution in [3.63, 3.8) is 0 Å². The van der Waals surface area contributed by atoms with E-state index in [9.17, 15) is 9.59 Å². The smallest absolute Gasteiger partial charge is 0.242 e. The van der Waals surface area contributed by atoms with E-state index in [4.69, 9.17) is 0 Å². The predicted octanol–water partition coefficient (Wildman–Crippen LogP) is -1.01. The Balaban J connectivity index is 2.27. The normalized spacial score (nSPS) is 21.5. The van der Waals surface area contributed by atoms with Crippen molar-refractivity contribution in [3.05, 3.63) is 0 Å². The molecule has 2 amide bonds. The van der Waals surface area contributed by atoms with Crippen LogP contribution in [0.3, 0.4) is 0 Å². The fourth-order valence-corrected chi connectivity index (χ4v) is 1.41. The molecule has 0 aliphatic carbocycles. The highest BCUT2D eigenvalue weighted by atomic mass is 16.2. The van der Waals surface area contributed by atoms with Crippen LogP contribution in [0.25, 0.3) is 0 Å². The van der Waals surface area contributed by atoms with Crippen molar-refractivity contribution in [3.8, 4) is 0 Å². The SMILES string of the molecule is CNCCC(=O)NC1CCCNC1=O. The molecule has 1 unspecified atom stereocenters. The molecule has 5 nitrogen and oxygen atoms in total. The van der Waals surface area contributed by atoms with Crippen molar-refractivity contribution >= 4 is 11.8 Å². The van der Waals surface area contributed by atoms with Crippen molar-refractivity contribution in [2.75, 3.05) is 20.1 Å². The third-order valence-electron chi connectivity index (χ3n) is 2.22. The Bertz CT molecular complexity index is 218. The summed E-state index contributed by atoms with van der Waals surface area (Å²) in [7, 11) is 1.79. The number of hydrogen-bond acceptors (Lipinski definition) is 3. The largest absolute Gasteiger partial charge is 0.354 e. The lowest BCUT2D eigenvalue weighted by Gasteiger charge is -2.22. The molecule has 5 heteroatoms. The van der Waals surface area contributed by atoms with Crippen LogP contribution in [0, 0.1) is 0 Å². The van der Waals surface area contributed by atoms with Crippen LogP contribution >= 0.6 is 0 Å². The van der Waals surface area contributed by atoms with Crippen LogP contribution in [0.1, 0.15) is 19.3 Å². The number of piperidine rings is 1. The van der Waals surface area contributed by atoms with Gasteiger partial charge in [-0.05, 0) is 19.9 Å². The average molecular weight is 199 g/mol. The molecule has 1 atom stereocenters. The van der Waals surface area contributed by atoms with Crippen LogP contribution in [0.15, 0.2) is 0 Å². The highest BCUT2D eigenvalue weighted by molar-refractivity contribution is 5.88. The Labute approximate surface area is 83.6 Å². The Kier molecular flexibility index (Phi) is 4.39. The van der Waals surface area contributed by atoms with Crippen molar-refractivity contribution < 1.29 is 9.59 Å². The van der Waals surface area contributed by atoms with Gasteiger partial charge in [0.05, 0.1) is 0 Å². The zero-order valence-corrected chi connectivity index (χ0v) is 8.43. The van der Waals surface area contributed by atoms with Gasteiger partial charge in [0.25, 0.3) is 0 Å². The summed E-state index contributed by atoms with van der Waals surface area (Å²) in [5, 5.41) is 8.32. The van der Waals surface area contributed by atoms with Crippen LogP contribution < -0.4 is 16.0 Å². The van der Waals surface area contributed by atoms with E-state index >= 15 is 0 Å². The third kappa shape index (κ3) is 3.33. The Morgan fingerprint density at radius 2 is 2.43 bits per heavy atom. The second-order valence-electron chi connectivity index (χ2n) is 3.41. The molecule has 1 fully saturated rings. The van der Waals surface area contributed by atoms with E-state index in [1.807, 2.05) is 0 Å². The zero-order chi connectivity index (χ0) is 10.4. The van der Waals surface area contributed by atoms with E-state index in [1.54, 1.807) is 7.05 Å². The van der Waals surface area contributed by atoms with Gasteiger partial charge in [-0.3, -0.25) is 9.59 Å². The molecule has 14 heavy (non-hydrogen) atoms. The molecule has 0 bridgehead atoms.